The third-order valence-corrected chi connectivity index (χ3v) is 1.60. The fourth-order valence-electron chi connectivity index (χ4n) is 0.991. The molecule has 5 heteroatoms. The van der Waals surface area contributed by atoms with Crippen molar-refractivity contribution >= 4 is 0 Å². The summed E-state index contributed by atoms with van der Waals surface area (Å²) in [5.41, 5.74) is 5.45. The van der Waals surface area contributed by atoms with E-state index >= 15 is 0 Å². The zero-order valence-electron chi connectivity index (χ0n) is 7.40. The lowest BCUT2D eigenvalue weighted by Gasteiger charge is -2.08. The second kappa shape index (κ2) is 4.71. The van der Waals surface area contributed by atoms with E-state index in [1.807, 2.05) is 0 Å². The summed E-state index contributed by atoms with van der Waals surface area (Å²) >= 11 is 0. The maximum Gasteiger partial charge on any atom is 0.238 e. The quantitative estimate of drug-likeness (QED) is 0.755. The van der Waals surface area contributed by atoms with Gasteiger partial charge in [0.1, 0.15) is 11.9 Å². The van der Waals surface area contributed by atoms with Crippen LogP contribution in [0.15, 0.2) is 12.4 Å². The highest BCUT2D eigenvalue weighted by molar-refractivity contribution is 5.19. The molecule has 13 heavy (non-hydrogen) atoms. The molecule has 0 aliphatic carbocycles. The molecule has 4 nitrogen and oxygen atoms in total. The van der Waals surface area contributed by atoms with Gasteiger partial charge < -0.3 is 10.5 Å². The van der Waals surface area contributed by atoms with Crippen molar-refractivity contribution in [3.63, 3.8) is 0 Å². The molecule has 0 saturated carbocycles. The molecule has 0 aliphatic heterocycles. The maximum atomic E-state index is 13.3. The first-order valence-electron chi connectivity index (χ1n) is 3.98. The first kappa shape index (κ1) is 9.85. The molecule has 1 rings (SSSR count). The van der Waals surface area contributed by atoms with E-state index in [4.69, 9.17) is 10.5 Å². The van der Waals surface area contributed by atoms with E-state index < -0.39 is 6.17 Å². The first-order chi connectivity index (χ1) is 6.29. The van der Waals surface area contributed by atoms with Gasteiger partial charge in [-0.2, -0.15) is 0 Å². The van der Waals surface area contributed by atoms with Gasteiger partial charge >= 0.3 is 0 Å². The molecule has 0 fully saturated rings. The predicted molar refractivity (Wildman–Crippen MR) is 46.1 cm³/mol. The van der Waals surface area contributed by atoms with E-state index in [2.05, 4.69) is 9.97 Å². The summed E-state index contributed by atoms with van der Waals surface area (Å²) < 4.78 is 18.2. The molecule has 1 heterocycles. The summed E-state index contributed by atoms with van der Waals surface area (Å²) in [5, 5.41) is 0. The summed E-state index contributed by atoms with van der Waals surface area (Å²) in [4.78, 5) is 7.68. The number of aromatic nitrogens is 2. The minimum Gasteiger partial charge on any atom is -0.480 e. The van der Waals surface area contributed by atoms with Crippen LogP contribution in [0.1, 0.15) is 18.3 Å². The van der Waals surface area contributed by atoms with Gasteiger partial charge in [-0.25, -0.2) is 9.37 Å². The summed E-state index contributed by atoms with van der Waals surface area (Å²) in [6.07, 6.45) is 1.92. The molecule has 0 spiro atoms. The highest BCUT2D eigenvalue weighted by Crippen LogP contribution is 2.24. The predicted octanol–water partition coefficient (Wildman–Crippen LogP) is 0.845. The van der Waals surface area contributed by atoms with E-state index in [-0.39, 0.29) is 24.5 Å². The second-order valence-corrected chi connectivity index (χ2v) is 2.50. The van der Waals surface area contributed by atoms with Crippen molar-refractivity contribution in [2.75, 3.05) is 13.7 Å². The number of methoxy groups -OCH3 is 1. The van der Waals surface area contributed by atoms with Crippen molar-refractivity contribution in [2.24, 2.45) is 5.73 Å². The fourth-order valence-corrected chi connectivity index (χ4v) is 0.991. The molecule has 2 N–H and O–H groups in total. The zero-order valence-corrected chi connectivity index (χ0v) is 7.40. The summed E-state index contributed by atoms with van der Waals surface area (Å²) in [5.74, 6) is 0.225. The molecule has 1 unspecified atom stereocenters. The molecule has 1 atom stereocenters. The third-order valence-electron chi connectivity index (χ3n) is 1.60. The Balaban J connectivity index is 2.85. The number of alkyl halides is 1. The standard InChI is InChI=1S/C8H12FN3O/c1-13-8-7(6(9)2-3-10)11-4-5-12-8/h4-6H,2-3,10H2,1H3. The lowest BCUT2D eigenvalue weighted by Crippen LogP contribution is -2.07. The van der Waals surface area contributed by atoms with Gasteiger partial charge in [-0.05, 0) is 13.0 Å². The average molecular weight is 185 g/mol. The van der Waals surface area contributed by atoms with Gasteiger partial charge in [0.15, 0.2) is 0 Å². The van der Waals surface area contributed by atoms with Crippen molar-refractivity contribution in [3.05, 3.63) is 18.1 Å². The normalized spacial score (nSPS) is 12.5. The van der Waals surface area contributed by atoms with Crippen molar-refractivity contribution in [1.82, 2.24) is 9.97 Å². The molecule has 72 valence electrons. The van der Waals surface area contributed by atoms with Crippen molar-refractivity contribution in [1.29, 1.82) is 0 Å². The summed E-state index contributed by atoms with van der Waals surface area (Å²) in [6.45, 7) is 0.279. The SMILES string of the molecule is COc1nccnc1C(F)CCN. The highest BCUT2D eigenvalue weighted by Gasteiger charge is 2.16. The van der Waals surface area contributed by atoms with Crippen LogP contribution in [-0.2, 0) is 0 Å². The number of hydrogen-bond donors (Lipinski definition) is 1. The molecule has 1 aromatic rings. The molecular weight excluding hydrogens is 173 g/mol. The Hall–Kier alpha value is -1.23. The van der Waals surface area contributed by atoms with Crippen LogP contribution in [0.2, 0.25) is 0 Å². The molecular formula is C8H12FN3O. The fraction of sp³-hybridized carbons (Fsp3) is 0.500. The maximum absolute atomic E-state index is 13.3. The van der Waals surface area contributed by atoms with Gasteiger partial charge in [0.05, 0.1) is 7.11 Å². The van der Waals surface area contributed by atoms with Crippen molar-refractivity contribution < 1.29 is 9.13 Å². The van der Waals surface area contributed by atoms with Gasteiger partial charge in [0, 0.05) is 12.4 Å². The van der Waals surface area contributed by atoms with Crippen LogP contribution >= 0.6 is 0 Å². The Bertz CT molecular complexity index is 269. The van der Waals surface area contributed by atoms with Gasteiger partial charge in [0.25, 0.3) is 0 Å². The summed E-state index contributed by atoms with van der Waals surface area (Å²) in [7, 11) is 1.43. The minimum absolute atomic E-state index is 0.218. The molecule has 0 saturated heterocycles. The van der Waals surface area contributed by atoms with Gasteiger partial charge in [0.2, 0.25) is 5.88 Å². The van der Waals surface area contributed by atoms with Crippen molar-refractivity contribution in [2.45, 2.75) is 12.6 Å². The number of nitrogens with zero attached hydrogens (tertiary/aromatic N) is 2. The van der Waals surface area contributed by atoms with Crippen LogP contribution in [0.3, 0.4) is 0 Å². The van der Waals surface area contributed by atoms with Crippen LogP contribution in [0.5, 0.6) is 5.88 Å². The number of rotatable bonds is 4. The smallest absolute Gasteiger partial charge is 0.238 e. The van der Waals surface area contributed by atoms with Crippen LogP contribution < -0.4 is 10.5 Å². The van der Waals surface area contributed by atoms with E-state index in [1.165, 1.54) is 19.5 Å². The van der Waals surface area contributed by atoms with E-state index in [0.29, 0.717) is 0 Å². The van der Waals surface area contributed by atoms with Crippen LogP contribution in [0.4, 0.5) is 4.39 Å². The average Bonchev–Trinajstić information content (AvgIpc) is 2.18. The summed E-state index contributed by atoms with van der Waals surface area (Å²) in [6, 6.07) is 0. The Labute approximate surface area is 75.9 Å². The number of ether oxygens (including phenoxy) is 1. The first-order valence-corrected chi connectivity index (χ1v) is 3.98. The van der Waals surface area contributed by atoms with E-state index in [1.54, 1.807) is 0 Å². The lowest BCUT2D eigenvalue weighted by molar-refractivity contribution is 0.298. The largest absolute Gasteiger partial charge is 0.480 e. The van der Waals surface area contributed by atoms with Gasteiger partial charge in [-0.1, -0.05) is 0 Å². The molecule has 0 amide bonds. The van der Waals surface area contributed by atoms with E-state index in [9.17, 15) is 4.39 Å². The molecule has 0 radical (unpaired) electrons. The Morgan fingerprint density at radius 1 is 1.54 bits per heavy atom. The number of hydrogen-bond acceptors (Lipinski definition) is 4. The lowest BCUT2D eigenvalue weighted by atomic mass is 10.2. The molecule has 1 aromatic heterocycles. The van der Waals surface area contributed by atoms with Crippen LogP contribution in [0, 0.1) is 0 Å². The van der Waals surface area contributed by atoms with Gasteiger partial charge in [-0.3, -0.25) is 4.98 Å². The zero-order chi connectivity index (χ0) is 9.68. The van der Waals surface area contributed by atoms with Crippen LogP contribution in [0.25, 0.3) is 0 Å². The molecule has 0 aromatic carbocycles. The number of halogens is 1. The monoisotopic (exact) mass is 185 g/mol. The minimum atomic E-state index is -1.20. The topological polar surface area (TPSA) is 61.0 Å². The highest BCUT2D eigenvalue weighted by atomic mass is 19.1. The Kier molecular flexibility index (Phi) is 3.57. The second-order valence-electron chi connectivity index (χ2n) is 2.50. The Morgan fingerprint density at radius 2 is 2.23 bits per heavy atom. The number of nitrogens with two attached hydrogens (primary N) is 1. The van der Waals surface area contributed by atoms with Crippen molar-refractivity contribution in [3.8, 4) is 5.88 Å². The van der Waals surface area contributed by atoms with Crippen LogP contribution in [-0.4, -0.2) is 23.6 Å². The van der Waals surface area contributed by atoms with Gasteiger partial charge in [-0.15, -0.1) is 0 Å². The molecule has 0 bridgehead atoms. The van der Waals surface area contributed by atoms with E-state index in [0.717, 1.165) is 0 Å². The Morgan fingerprint density at radius 3 is 2.85 bits per heavy atom. The third kappa shape index (κ3) is 2.35. The molecule has 0 aliphatic rings.